The zero-order valence-electron chi connectivity index (χ0n) is 12.1. The van der Waals surface area contributed by atoms with Crippen LogP contribution in [0.1, 0.15) is 16.9 Å². The molecule has 1 atom stereocenters. The molecule has 1 amide bonds. The normalized spacial score (nSPS) is 24.9. The van der Waals surface area contributed by atoms with Gasteiger partial charge in [-0.1, -0.05) is 30.4 Å². The van der Waals surface area contributed by atoms with Crippen molar-refractivity contribution in [2.24, 2.45) is 10.4 Å². The average molecular weight is 317 g/mol. The van der Waals surface area contributed by atoms with Gasteiger partial charge in [-0.2, -0.15) is 0 Å². The first-order valence-corrected chi connectivity index (χ1v) is 8.26. The molecule has 1 spiro atoms. The van der Waals surface area contributed by atoms with E-state index in [9.17, 15) is 9.59 Å². The quantitative estimate of drug-likeness (QED) is 0.742. The third-order valence-electron chi connectivity index (χ3n) is 4.83. The standard InChI is InChI=1S/C19H11NO2S/c21-16-7-3-5-14-18-13(12-4-1-2-6-15(12)23-18)8-11-10-20-17(22)9-19(11,14)16/h1-8,10H,9H2. The van der Waals surface area contributed by atoms with Gasteiger partial charge in [-0.05, 0) is 29.4 Å². The molecule has 1 aromatic heterocycles. The predicted octanol–water partition coefficient (Wildman–Crippen LogP) is 3.81. The summed E-state index contributed by atoms with van der Waals surface area (Å²) < 4.78 is 1.19. The molecule has 1 aromatic carbocycles. The van der Waals surface area contributed by atoms with Gasteiger partial charge in [0.1, 0.15) is 0 Å². The fourth-order valence-electron chi connectivity index (χ4n) is 3.75. The van der Waals surface area contributed by atoms with E-state index < -0.39 is 5.41 Å². The minimum atomic E-state index is -0.874. The Morgan fingerprint density at radius 3 is 2.96 bits per heavy atom. The van der Waals surface area contributed by atoms with Crippen LogP contribution in [0.2, 0.25) is 0 Å². The van der Waals surface area contributed by atoms with E-state index in [1.807, 2.05) is 24.3 Å². The van der Waals surface area contributed by atoms with Gasteiger partial charge in [0.25, 0.3) is 0 Å². The lowest BCUT2D eigenvalue weighted by atomic mass is 9.62. The summed E-state index contributed by atoms with van der Waals surface area (Å²) in [5, 5.41) is 1.18. The number of hydrogen-bond acceptors (Lipinski definition) is 3. The Balaban J connectivity index is 1.92. The molecule has 0 N–H and O–H groups in total. The van der Waals surface area contributed by atoms with Gasteiger partial charge in [-0.3, -0.25) is 9.59 Å². The van der Waals surface area contributed by atoms with Crippen molar-refractivity contribution < 1.29 is 9.59 Å². The number of amides is 1. The van der Waals surface area contributed by atoms with Gasteiger partial charge >= 0.3 is 0 Å². The van der Waals surface area contributed by atoms with E-state index in [1.54, 1.807) is 29.7 Å². The molecule has 2 aliphatic carbocycles. The van der Waals surface area contributed by atoms with Gasteiger partial charge in [0.05, 0.1) is 11.8 Å². The predicted molar refractivity (Wildman–Crippen MR) is 92.5 cm³/mol. The number of carbonyl (C=O) groups is 2. The second kappa shape index (κ2) is 4.24. The zero-order chi connectivity index (χ0) is 15.6. The maximum absolute atomic E-state index is 12.8. The monoisotopic (exact) mass is 317 g/mol. The number of rotatable bonds is 0. The number of aliphatic imine (C=N–C) groups is 1. The summed E-state index contributed by atoms with van der Waals surface area (Å²) in [5.41, 5.74) is 2.03. The van der Waals surface area contributed by atoms with E-state index >= 15 is 0 Å². The van der Waals surface area contributed by atoms with Crippen molar-refractivity contribution in [1.82, 2.24) is 0 Å². The summed E-state index contributed by atoms with van der Waals surface area (Å²) in [6, 6.07) is 8.23. The number of benzene rings is 1. The second-order valence-electron chi connectivity index (χ2n) is 5.98. The molecule has 3 nitrogen and oxygen atoms in total. The summed E-state index contributed by atoms with van der Waals surface area (Å²) in [5.74, 6) is -0.259. The fraction of sp³-hybridized carbons (Fsp3) is 0.105. The SMILES string of the molecule is O=C1CC23C(=O)C=CC=C2c2sc4ccccc4c2C=C3C=N1. The highest BCUT2D eigenvalue weighted by Crippen LogP contribution is 2.56. The molecule has 110 valence electrons. The fourth-order valence-corrected chi connectivity index (χ4v) is 5.04. The molecule has 0 bridgehead atoms. The first-order valence-electron chi connectivity index (χ1n) is 7.44. The molecular weight excluding hydrogens is 306 g/mol. The molecular formula is C19H11NO2S. The van der Waals surface area contributed by atoms with Crippen LogP contribution in [-0.2, 0) is 9.59 Å². The Labute approximate surface area is 136 Å². The molecule has 0 radical (unpaired) electrons. The second-order valence-corrected chi connectivity index (χ2v) is 7.03. The minimum absolute atomic E-state index is 0.0242. The van der Waals surface area contributed by atoms with Crippen LogP contribution in [0, 0.1) is 5.41 Å². The first kappa shape index (κ1) is 12.9. The molecule has 1 unspecified atom stereocenters. The highest BCUT2D eigenvalue weighted by Gasteiger charge is 2.51. The molecule has 0 saturated carbocycles. The van der Waals surface area contributed by atoms with Crippen molar-refractivity contribution in [3.05, 3.63) is 58.5 Å². The van der Waals surface area contributed by atoms with E-state index in [4.69, 9.17) is 0 Å². The third-order valence-corrected chi connectivity index (χ3v) is 6.05. The average Bonchev–Trinajstić information content (AvgIpc) is 2.92. The molecule has 5 rings (SSSR count). The van der Waals surface area contributed by atoms with Gasteiger partial charge < -0.3 is 0 Å². The lowest BCUT2D eigenvalue weighted by molar-refractivity contribution is -0.126. The zero-order valence-corrected chi connectivity index (χ0v) is 12.9. The maximum atomic E-state index is 12.8. The van der Waals surface area contributed by atoms with Crippen LogP contribution in [-0.4, -0.2) is 17.9 Å². The van der Waals surface area contributed by atoms with Crippen molar-refractivity contribution in [2.45, 2.75) is 6.42 Å². The Morgan fingerprint density at radius 1 is 1.17 bits per heavy atom. The van der Waals surface area contributed by atoms with E-state index in [0.717, 1.165) is 21.6 Å². The van der Waals surface area contributed by atoms with Crippen molar-refractivity contribution in [3.8, 4) is 0 Å². The van der Waals surface area contributed by atoms with Crippen LogP contribution in [0.15, 0.2) is 53.1 Å². The van der Waals surface area contributed by atoms with Gasteiger partial charge in [0.15, 0.2) is 5.78 Å². The summed E-state index contributed by atoms with van der Waals surface area (Å²) >= 11 is 1.68. The summed E-state index contributed by atoms with van der Waals surface area (Å²) in [6.45, 7) is 0. The Bertz CT molecular complexity index is 1030. The van der Waals surface area contributed by atoms with Crippen molar-refractivity contribution in [3.63, 3.8) is 0 Å². The van der Waals surface area contributed by atoms with E-state index in [0.29, 0.717) is 0 Å². The summed E-state index contributed by atoms with van der Waals surface area (Å²) in [7, 11) is 0. The number of allylic oxidation sites excluding steroid dienone is 5. The third kappa shape index (κ3) is 1.51. The number of fused-ring (bicyclic) bond motifs is 4. The van der Waals surface area contributed by atoms with Crippen molar-refractivity contribution >= 4 is 51.0 Å². The molecule has 0 saturated heterocycles. The Hall–Kier alpha value is -2.59. The van der Waals surface area contributed by atoms with Crippen molar-refractivity contribution in [2.75, 3.05) is 0 Å². The van der Waals surface area contributed by atoms with Crippen LogP contribution in [0.3, 0.4) is 0 Å². The van der Waals surface area contributed by atoms with Gasteiger partial charge in [0.2, 0.25) is 5.91 Å². The van der Waals surface area contributed by atoms with Crippen LogP contribution < -0.4 is 0 Å². The van der Waals surface area contributed by atoms with Gasteiger partial charge in [0, 0.05) is 26.7 Å². The number of carbonyl (C=O) groups excluding carboxylic acids is 2. The van der Waals surface area contributed by atoms with E-state index in [1.165, 1.54) is 10.1 Å². The molecule has 0 fully saturated rings. The minimum Gasteiger partial charge on any atom is -0.293 e. The Morgan fingerprint density at radius 2 is 2.04 bits per heavy atom. The van der Waals surface area contributed by atoms with Crippen LogP contribution in [0.25, 0.3) is 21.7 Å². The molecule has 4 heteroatoms. The van der Waals surface area contributed by atoms with E-state index in [-0.39, 0.29) is 18.1 Å². The van der Waals surface area contributed by atoms with Gasteiger partial charge in [-0.15, -0.1) is 11.3 Å². The smallest absolute Gasteiger partial charge is 0.247 e. The molecule has 2 aromatic rings. The lowest BCUT2D eigenvalue weighted by Gasteiger charge is -2.39. The van der Waals surface area contributed by atoms with Crippen LogP contribution in [0.4, 0.5) is 0 Å². The number of nitrogens with zero attached hydrogens (tertiary/aromatic N) is 1. The molecule has 2 heterocycles. The highest BCUT2D eigenvalue weighted by atomic mass is 32.1. The molecule has 3 aliphatic rings. The van der Waals surface area contributed by atoms with Crippen LogP contribution >= 0.6 is 11.3 Å². The number of ketones is 1. The van der Waals surface area contributed by atoms with Gasteiger partial charge in [-0.25, -0.2) is 4.99 Å². The molecule has 1 aliphatic heterocycles. The molecule has 23 heavy (non-hydrogen) atoms. The number of hydrogen-bond donors (Lipinski definition) is 0. The lowest BCUT2D eigenvalue weighted by Crippen LogP contribution is -2.41. The highest BCUT2D eigenvalue weighted by molar-refractivity contribution is 7.20. The summed E-state index contributed by atoms with van der Waals surface area (Å²) in [6.07, 6.45) is 9.08. The van der Waals surface area contributed by atoms with E-state index in [2.05, 4.69) is 17.1 Å². The topological polar surface area (TPSA) is 46.5 Å². The summed E-state index contributed by atoms with van der Waals surface area (Å²) in [4.78, 5) is 29.8. The van der Waals surface area contributed by atoms with Crippen LogP contribution in [0.5, 0.6) is 0 Å². The van der Waals surface area contributed by atoms with Crippen molar-refractivity contribution in [1.29, 1.82) is 0 Å². The Kier molecular flexibility index (Phi) is 2.38. The number of thiophene rings is 1. The first-order chi connectivity index (χ1) is 11.2. The maximum Gasteiger partial charge on any atom is 0.247 e. The largest absolute Gasteiger partial charge is 0.293 e.